The van der Waals surface area contributed by atoms with E-state index < -0.39 is 0 Å². The number of anilines is 1. The summed E-state index contributed by atoms with van der Waals surface area (Å²) in [5, 5.41) is 0. The van der Waals surface area contributed by atoms with Crippen LogP contribution in [0.25, 0.3) is 0 Å². The first-order valence-corrected chi connectivity index (χ1v) is 8.70. The molecule has 2 heterocycles. The van der Waals surface area contributed by atoms with E-state index in [1.54, 1.807) is 4.90 Å². The maximum atomic E-state index is 12.1. The number of carbonyl (C=O) groups excluding carboxylic acids is 1. The van der Waals surface area contributed by atoms with E-state index in [-0.39, 0.29) is 5.91 Å². The smallest absolute Gasteiger partial charge is 0.266 e. The van der Waals surface area contributed by atoms with Crippen LogP contribution in [0.1, 0.15) is 18.9 Å². The summed E-state index contributed by atoms with van der Waals surface area (Å²) in [6, 6.07) is 8.48. The number of rotatable bonds is 3. The number of allylic oxidation sites excluding steroid dienone is 2. The molecule has 1 saturated heterocycles. The number of hydrogen-bond acceptors (Lipinski definition) is 4. The molecule has 0 spiro atoms. The van der Waals surface area contributed by atoms with E-state index in [1.165, 1.54) is 23.0 Å². The summed E-state index contributed by atoms with van der Waals surface area (Å²) in [5.41, 5.74) is 2.65. The zero-order valence-electron chi connectivity index (χ0n) is 12.5. The predicted molar refractivity (Wildman–Crippen MR) is 96.9 cm³/mol. The highest BCUT2D eigenvalue weighted by molar-refractivity contribution is 8.26. The number of benzene rings is 1. The van der Waals surface area contributed by atoms with Crippen LogP contribution < -0.4 is 4.90 Å². The maximum absolute atomic E-state index is 12.1. The topological polar surface area (TPSA) is 23.6 Å². The molecule has 1 aromatic rings. The molecular formula is C17H18N2OS2. The number of hydrogen-bond donors (Lipinski definition) is 0. The number of nitrogens with zero attached hydrogens (tertiary/aromatic N) is 2. The van der Waals surface area contributed by atoms with Crippen molar-refractivity contribution in [3.8, 4) is 0 Å². The van der Waals surface area contributed by atoms with Gasteiger partial charge < -0.3 is 4.90 Å². The number of thiocarbonyl (C=S) groups is 1. The van der Waals surface area contributed by atoms with Crippen LogP contribution in [-0.4, -0.2) is 28.2 Å². The minimum absolute atomic E-state index is 0.0150. The summed E-state index contributed by atoms with van der Waals surface area (Å²) in [6.45, 7) is 3.58. The third-order valence-electron chi connectivity index (χ3n) is 3.85. The number of aryl methyl sites for hydroxylation is 1. The largest absolute Gasteiger partial charge is 0.348 e. The van der Waals surface area contributed by atoms with Gasteiger partial charge in [0.2, 0.25) is 0 Å². The van der Waals surface area contributed by atoms with Gasteiger partial charge in [0.1, 0.15) is 4.32 Å². The second-order valence-electron chi connectivity index (χ2n) is 5.22. The molecule has 22 heavy (non-hydrogen) atoms. The number of likely N-dealkylation sites (N-methyl/N-ethyl adjacent to an activating group) is 1. The van der Waals surface area contributed by atoms with Crippen molar-refractivity contribution in [2.24, 2.45) is 0 Å². The van der Waals surface area contributed by atoms with Gasteiger partial charge in [-0.2, -0.15) is 0 Å². The molecule has 3 rings (SSSR count). The Bertz CT molecular complexity index is 666. The van der Waals surface area contributed by atoms with Crippen LogP contribution in [0.3, 0.4) is 0 Å². The van der Waals surface area contributed by atoms with Gasteiger partial charge in [-0.1, -0.05) is 42.2 Å². The molecule has 1 fully saturated rings. The summed E-state index contributed by atoms with van der Waals surface area (Å²) in [4.78, 5) is 16.7. The van der Waals surface area contributed by atoms with E-state index >= 15 is 0 Å². The molecule has 114 valence electrons. The highest BCUT2D eigenvalue weighted by Crippen LogP contribution is 2.31. The Labute approximate surface area is 140 Å². The van der Waals surface area contributed by atoms with E-state index in [1.807, 2.05) is 19.1 Å². The van der Waals surface area contributed by atoms with Gasteiger partial charge in [-0.25, -0.2) is 0 Å². The minimum atomic E-state index is 0.0150. The minimum Gasteiger partial charge on any atom is -0.348 e. The first-order valence-electron chi connectivity index (χ1n) is 7.47. The summed E-state index contributed by atoms with van der Waals surface area (Å²) in [7, 11) is 0. The van der Waals surface area contributed by atoms with Gasteiger partial charge in [-0.3, -0.25) is 9.69 Å². The SMILES string of the molecule is CCN1C(=O)/C(=C/C=C\N2CCCc3ccccc32)SC1=S. The summed E-state index contributed by atoms with van der Waals surface area (Å²) < 4.78 is 0.649. The van der Waals surface area contributed by atoms with Gasteiger partial charge in [0.15, 0.2) is 0 Å². The lowest BCUT2D eigenvalue weighted by atomic mass is 10.0. The second kappa shape index (κ2) is 6.67. The predicted octanol–water partition coefficient (Wildman–Crippen LogP) is 3.72. The number of para-hydroxylation sites is 1. The fourth-order valence-electron chi connectivity index (χ4n) is 2.74. The number of amides is 1. The third-order valence-corrected chi connectivity index (χ3v) is 5.25. The zero-order valence-corrected chi connectivity index (χ0v) is 14.1. The molecule has 2 aliphatic heterocycles. The average Bonchev–Trinajstić information content (AvgIpc) is 2.81. The van der Waals surface area contributed by atoms with Crippen molar-refractivity contribution < 1.29 is 4.79 Å². The molecule has 0 aromatic heterocycles. The molecule has 5 heteroatoms. The van der Waals surface area contributed by atoms with Crippen LogP contribution in [0.2, 0.25) is 0 Å². The quantitative estimate of drug-likeness (QED) is 0.622. The first kappa shape index (κ1) is 15.3. The van der Waals surface area contributed by atoms with Crippen molar-refractivity contribution in [3.63, 3.8) is 0 Å². The normalized spacial score (nSPS) is 20.3. The van der Waals surface area contributed by atoms with E-state index in [9.17, 15) is 4.79 Å². The molecule has 3 nitrogen and oxygen atoms in total. The molecule has 0 aliphatic carbocycles. The molecule has 0 saturated carbocycles. The maximum Gasteiger partial charge on any atom is 0.266 e. The fourth-order valence-corrected chi connectivity index (χ4v) is 4.07. The molecule has 0 radical (unpaired) electrons. The van der Waals surface area contributed by atoms with E-state index in [0.717, 1.165) is 19.4 Å². The van der Waals surface area contributed by atoms with Crippen molar-refractivity contribution in [2.75, 3.05) is 18.0 Å². The Morgan fingerprint density at radius 3 is 2.95 bits per heavy atom. The second-order valence-corrected chi connectivity index (χ2v) is 6.89. The van der Waals surface area contributed by atoms with Gasteiger partial charge >= 0.3 is 0 Å². The van der Waals surface area contributed by atoms with Crippen LogP contribution in [0.4, 0.5) is 5.69 Å². The Morgan fingerprint density at radius 2 is 2.18 bits per heavy atom. The highest BCUT2D eigenvalue weighted by atomic mass is 32.2. The molecule has 0 atom stereocenters. The summed E-state index contributed by atoms with van der Waals surface area (Å²) in [6.07, 6.45) is 8.15. The fraction of sp³-hybridized carbons (Fsp3) is 0.294. The van der Waals surface area contributed by atoms with Gasteiger partial charge in [-0.05, 0) is 43.5 Å². The lowest BCUT2D eigenvalue weighted by Crippen LogP contribution is -2.27. The van der Waals surface area contributed by atoms with Gasteiger partial charge in [0.25, 0.3) is 5.91 Å². The zero-order chi connectivity index (χ0) is 15.5. The molecular weight excluding hydrogens is 312 g/mol. The summed E-state index contributed by atoms with van der Waals surface area (Å²) >= 11 is 6.59. The highest BCUT2D eigenvalue weighted by Gasteiger charge is 2.30. The molecule has 1 amide bonds. The van der Waals surface area contributed by atoms with Crippen LogP contribution in [0.15, 0.2) is 47.5 Å². The Morgan fingerprint density at radius 1 is 1.36 bits per heavy atom. The Balaban J connectivity index is 1.75. The van der Waals surface area contributed by atoms with Crippen molar-refractivity contribution in [3.05, 3.63) is 53.1 Å². The Kier molecular flexibility index (Phi) is 4.64. The Hall–Kier alpha value is -1.59. The van der Waals surface area contributed by atoms with E-state index in [0.29, 0.717) is 15.8 Å². The van der Waals surface area contributed by atoms with Gasteiger partial charge in [-0.15, -0.1) is 0 Å². The van der Waals surface area contributed by atoms with E-state index in [2.05, 4.69) is 35.4 Å². The lowest BCUT2D eigenvalue weighted by molar-refractivity contribution is -0.122. The van der Waals surface area contributed by atoms with Crippen LogP contribution in [-0.2, 0) is 11.2 Å². The first-order chi connectivity index (χ1) is 10.7. The lowest BCUT2D eigenvalue weighted by Gasteiger charge is -2.27. The van der Waals surface area contributed by atoms with Crippen LogP contribution in [0.5, 0.6) is 0 Å². The molecule has 2 aliphatic rings. The number of thioether (sulfide) groups is 1. The van der Waals surface area contributed by atoms with E-state index in [4.69, 9.17) is 12.2 Å². The van der Waals surface area contributed by atoms with Gasteiger partial charge in [0.05, 0.1) is 4.91 Å². The molecule has 0 bridgehead atoms. The monoisotopic (exact) mass is 330 g/mol. The average molecular weight is 330 g/mol. The van der Waals surface area contributed by atoms with Gasteiger partial charge in [0, 0.05) is 25.0 Å². The third kappa shape index (κ3) is 2.96. The van der Waals surface area contributed by atoms with Crippen LogP contribution >= 0.6 is 24.0 Å². The standard InChI is InChI=1S/C17H18N2OS2/c1-2-19-16(20)15(22-17(19)21)10-6-12-18-11-5-8-13-7-3-4-9-14(13)18/h3-4,6-7,9-10,12H,2,5,8,11H2,1H3/b12-6-,15-10-. The van der Waals surface area contributed by atoms with Crippen molar-refractivity contribution in [2.45, 2.75) is 19.8 Å². The number of carbonyl (C=O) groups is 1. The van der Waals surface area contributed by atoms with Crippen molar-refractivity contribution in [1.82, 2.24) is 4.90 Å². The van der Waals surface area contributed by atoms with Crippen LogP contribution in [0, 0.1) is 0 Å². The summed E-state index contributed by atoms with van der Waals surface area (Å²) in [5.74, 6) is 0.0150. The molecule has 0 unspecified atom stereocenters. The number of fused-ring (bicyclic) bond motifs is 1. The molecule has 1 aromatic carbocycles. The molecule has 0 N–H and O–H groups in total. The van der Waals surface area contributed by atoms with Crippen molar-refractivity contribution in [1.29, 1.82) is 0 Å². The van der Waals surface area contributed by atoms with Crippen molar-refractivity contribution >= 4 is 39.9 Å².